The molecule has 28 heavy (non-hydrogen) atoms. The zero-order valence-electron chi connectivity index (χ0n) is 16.3. The highest BCUT2D eigenvalue weighted by Crippen LogP contribution is 2.24. The number of piperazine rings is 1. The Morgan fingerprint density at radius 3 is 2.36 bits per heavy atom. The molecule has 1 saturated heterocycles. The Balaban J connectivity index is 0.00000225. The number of nitrogens with one attached hydrogen (secondary N) is 1. The topological polar surface area (TPSA) is 40.5 Å². The number of aromatic nitrogens is 1. The van der Waals surface area contributed by atoms with Crippen LogP contribution in [-0.4, -0.2) is 47.1 Å². The standard InChI is InChI=1S/C21H27FN4O.ClH/c1-24-20(15-26-13-17-4-2-3-5-18(17)14-26)19(22)12-16(21(24)27)6-9-25-10-7-23-8-11-25;/h2-5,12,23H,6-11,13-15H2,1H3;1H. The van der Waals surface area contributed by atoms with Gasteiger partial charge in [-0.25, -0.2) is 4.39 Å². The van der Waals surface area contributed by atoms with Gasteiger partial charge in [-0.15, -0.1) is 12.4 Å². The summed E-state index contributed by atoms with van der Waals surface area (Å²) in [5.41, 5.74) is 3.55. The second kappa shape index (κ2) is 9.18. The van der Waals surface area contributed by atoms with Crippen LogP contribution in [0.1, 0.15) is 22.4 Å². The lowest BCUT2D eigenvalue weighted by atomic mass is 10.1. The van der Waals surface area contributed by atoms with Crippen molar-refractivity contribution in [3.8, 4) is 0 Å². The molecule has 0 unspecified atom stereocenters. The van der Waals surface area contributed by atoms with E-state index in [4.69, 9.17) is 0 Å². The monoisotopic (exact) mass is 406 g/mol. The maximum atomic E-state index is 14.8. The molecule has 0 amide bonds. The zero-order valence-corrected chi connectivity index (χ0v) is 17.1. The van der Waals surface area contributed by atoms with Gasteiger partial charge < -0.3 is 14.8 Å². The molecular weight excluding hydrogens is 379 g/mol. The summed E-state index contributed by atoms with van der Waals surface area (Å²) in [7, 11) is 1.69. The SMILES string of the molecule is Cl.Cn1c(CN2Cc3ccccc3C2)c(F)cc(CCN2CCNCC2)c1=O. The molecule has 4 rings (SSSR count). The average molecular weight is 407 g/mol. The van der Waals surface area contributed by atoms with Gasteiger partial charge in [0.1, 0.15) is 5.82 Å². The number of nitrogens with zero attached hydrogens (tertiary/aromatic N) is 3. The van der Waals surface area contributed by atoms with Crippen LogP contribution in [0.25, 0.3) is 0 Å². The number of halogens is 2. The summed E-state index contributed by atoms with van der Waals surface area (Å²) in [4.78, 5) is 17.3. The van der Waals surface area contributed by atoms with Crippen LogP contribution in [0.5, 0.6) is 0 Å². The quantitative estimate of drug-likeness (QED) is 0.823. The lowest BCUT2D eigenvalue weighted by molar-refractivity contribution is 0.243. The van der Waals surface area contributed by atoms with Crippen molar-refractivity contribution >= 4 is 12.4 Å². The number of rotatable bonds is 5. The molecule has 1 N–H and O–H groups in total. The predicted molar refractivity (Wildman–Crippen MR) is 111 cm³/mol. The molecule has 7 heteroatoms. The number of hydrogen-bond donors (Lipinski definition) is 1. The molecule has 0 atom stereocenters. The summed E-state index contributed by atoms with van der Waals surface area (Å²) in [6, 6.07) is 9.76. The van der Waals surface area contributed by atoms with Gasteiger partial charge >= 0.3 is 0 Å². The predicted octanol–water partition coefficient (Wildman–Crippen LogP) is 1.91. The molecule has 0 saturated carbocycles. The molecule has 1 fully saturated rings. The van der Waals surface area contributed by atoms with Gasteiger partial charge in [0.15, 0.2) is 0 Å². The lowest BCUT2D eigenvalue weighted by Crippen LogP contribution is -2.44. The summed E-state index contributed by atoms with van der Waals surface area (Å²) >= 11 is 0. The molecule has 2 aromatic rings. The molecular formula is C21H28ClFN4O. The Morgan fingerprint density at radius 2 is 1.71 bits per heavy atom. The first-order valence-electron chi connectivity index (χ1n) is 9.71. The smallest absolute Gasteiger partial charge is 0.253 e. The first-order valence-corrected chi connectivity index (χ1v) is 9.71. The van der Waals surface area contributed by atoms with Gasteiger partial charge in [0.2, 0.25) is 0 Å². The Morgan fingerprint density at radius 1 is 1.07 bits per heavy atom. The fraction of sp³-hybridized carbons (Fsp3) is 0.476. The van der Waals surface area contributed by atoms with E-state index in [0.717, 1.165) is 45.8 Å². The molecule has 0 bridgehead atoms. The summed E-state index contributed by atoms with van der Waals surface area (Å²) in [5, 5.41) is 3.32. The van der Waals surface area contributed by atoms with Crippen molar-refractivity contribution in [3.63, 3.8) is 0 Å². The van der Waals surface area contributed by atoms with E-state index < -0.39 is 0 Å². The Labute approximate surface area is 171 Å². The van der Waals surface area contributed by atoms with E-state index in [9.17, 15) is 9.18 Å². The molecule has 2 aliphatic rings. The summed E-state index contributed by atoms with van der Waals surface area (Å²) in [6.45, 7) is 6.77. The summed E-state index contributed by atoms with van der Waals surface area (Å²) < 4.78 is 16.3. The van der Waals surface area contributed by atoms with Gasteiger partial charge in [0, 0.05) is 65.0 Å². The van der Waals surface area contributed by atoms with E-state index in [1.807, 2.05) is 12.1 Å². The summed E-state index contributed by atoms with van der Waals surface area (Å²) in [6.07, 6.45) is 0.596. The molecule has 0 aliphatic carbocycles. The largest absolute Gasteiger partial charge is 0.314 e. The van der Waals surface area contributed by atoms with E-state index in [-0.39, 0.29) is 23.8 Å². The fourth-order valence-corrected chi connectivity index (χ4v) is 4.10. The van der Waals surface area contributed by atoms with Crippen LogP contribution < -0.4 is 10.9 Å². The Bertz CT molecular complexity index is 854. The van der Waals surface area contributed by atoms with Crippen molar-refractivity contribution in [2.45, 2.75) is 26.1 Å². The Hall–Kier alpha value is -1.73. The number of fused-ring (bicyclic) bond motifs is 1. The van der Waals surface area contributed by atoms with Gasteiger partial charge in [-0.05, 0) is 23.6 Å². The van der Waals surface area contributed by atoms with Crippen molar-refractivity contribution in [1.29, 1.82) is 0 Å². The van der Waals surface area contributed by atoms with Crippen molar-refractivity contribution in [1.82, 2.24) is 19.7 Å². The highest BCUT2D eigenvalue weighted by molar-refractivity contribution is 5.85. The van der Waals surface area contributed by atoms with E-state index >= 15 is 0 Å². The number of hydrogen-bond acceptors (Lipinski definition) is 4. The van der Waals surface area contributed by atoms with Crippen LogP contribution in [-0.2, 0) is 33.1 Å². The minimum Gasteiger partial charge on any atom is -0.314 e. The molecule has 3 heterocycles. The molecule has 152 valence electrons. The van der Waals surface area contributed by atoms with Crippen LogP contribution in [0.3, 0.4) is 0 Å². The highest BCUT2D eigenvalue weighted by atomic mass is 35.5. The van der Waals surface area contributed by atoms with E-state index in [1.54, 1.807) is 7.05 Å². The van der Waals surface area contributed by atoms with Crippen LogP contribution in [0.15, 0.2) is 35.1 Å². The van der Waals surface area contributed by atoms with Crippen LogP contribution in [0.2, 0.25) is 0 Å². The van der Waals surface area contributed by atoms with E-state index in [2.05, 4.69) is 27.2 Å². The number of pyridine rings is 1. The highest BCUT2D eigenvalue weighted by Gasteiger charge is 2.22. The third-order valence-electron chi connectivity index (χ3n) is 5.75. The number of benzene rings is 1. The van der Waals surface area contributed by atoms with Crippen LogP contribution in [0, 0.1) is 5.82 Å². The van der Waals surface area contributed by atoms with Crippen molar-refractivity contribution in [2.24, 2.45) is 7.05 Å². The molecule has 0 spiro atoms. The third kappa shape index (κ3) is 4.46. The van der Waals surface area contributed by atoms with Gasteiger partial charge in [0.05, 0.1) is 5.69 Å². The molecule has 1 aromatic heterocycles. The second-order valence-electron chi connectivity index (χ2n) is 7.58. The van der Waals surface area contributed by atoms with Gasteiger partial charge in [-0.3, -0.25) is 9.69 Å². The van der Waals surface area contributed by atoms with E-state index in [1.165, 1.54) is 21.8 Å². The van der Waals surface area contributed by atoms with Crippen molar-refractivity contribution < 1.29 is 4.39 Å². The van der Waals surface area contributed by atoms with Crippen LogP contribution >= 0.6 is 12.4 Å². The Kier molecular flexibility index (Phi) is 6.88. The average Bonchev–Trinajstić information content (AvgIpc) is 3.10. The lowest BCUT2D eigenvalue weighted by Gasteiger charge is -2.27. The molecule has 0 radical (unpaired) electrons. The molecule has 1 aromatic carbocycles. The zero-order chi connectivity index (χ0) is 18.8. The van der Waals surface area contributed by atoms with Gasteiger partial charge in [-0.2, -0.15) is 0 Å². The molecule has 5 nitrogen and oxygen atoms in total. The minimum absolute atomic E-state index is 0. The van der Waals surface area contributed by atoms with Crippen molar-refractivity contribution in [3.05, 3.63) is 68.9 Å². The fourth-order valence-electron chi connectivity index (χ4n) is 4.10. The summed E-state index contributed by atoms with van der Waals surface area (Å²) in [5.74, 6) is -0.275. The van der Waals surface area contributed by atoms with Crippen molar-refractivity contribution in [2.75, 3.05) is 32.7 Å². The van der Waals surface area contributed by atoms with Gasteiger partial charge in [0.25, 0.3) is 5.56 Å². The normalized spacial score (nSPS) is 17.4. The first-order chi connectivity index (χ1) is 13.1. The third-order valence-corrected chi connectivity index (χ3v) is 5.75. The van der Waals surface area contributed by atoms with Gasteiger partial charge in [-0.1, -0.05) is 24.3 Å². The maximum absolute atomic E-state index is 14.8. The minimum atomic E-state index is -0.275. The first kappa shape index (κ1) is 21.0. The second-order valence-corrected chi connectivity index (χ2v) is 7.58. The maximum Gasteiger partial charge on any atom is 0.253 e. The van der Waals surface area contributed by atoms with Crippen LogP contribution in [0.4, 0.5) is 4.39 Å². The van der Waals surface area contributed by atoms with E-state index in [0.29, 0.717) is 24.2 Å². The molecule has 2 aliphatic heterocycles.